The van der Waals surface area contributed by atoms with Crippen LogP contribution in [0, 0.1) is 5.92 Å². The van der Waals surface area contributed by atoms with E-state index in [9.17, 15) is 9.46 Å². The lowest BCUT2D eigenvalue weighted by Crippen LogP contribution is -2.20. The van der Waals surface area contributed by atoms with Crippen molar-refractivity contribution in [1.29, 1.82) is 0 Å². The highest BCUT2D eigenvalue weighted by Gasteiger charge is 2.33. The zero-order chi connectivity index (χ0) is 14.5. The molecule has 0 aromatic heterocycles. The quantitative estimate of drug-likeness (QED) is 0.767. The Morgan fingerprint density at radius 1 is 1.26 bits per heavy atom. The number of hydrogen-bond donors (Lipinski definition) is 1. The van der Waals surface area contributed by atoms with Gasteiger partial charge in [-0.15, -0.1) is 0 Å². The lowest BCUT2D eigenvalue weighted by molar-refractivity contribution is 0.0449. The van der Waals surface area contributed by atoms with Gasteiger partial charge in [-0.3, -0.25) is 9.05 Å². The van der Waals surface area contributed by atoms with Crippen LogP contribution in [-0.2, 0) is 19.2 Å². The van der Waals surface area contributed by atoms with Gasteiger partial charge in [0.1, 0.15) is 0 Å². The van der Waals surface area contributed by atoms with Crippen LogP contribution in [0.5, 0.6) is 0 Å². The van der Waals surface area contributed by atoms with Gasteiger partial charge in [0.2, 0.25) is 0 Å². The topological polar surface area (TPSA) is 55.8 Å². The van der Waals surface area contributed by atoms with Gasteiger partial charge in [0.05, 0.1) is 12.2 Å². The van der Waals surface area contributed by atoms with Crippen molar-refractivity contribution in [2.24, 2.45) is 5.92 Å². The summed E-state index contributed by atoms with van der Waals surface area (Å²) in [6, 6.07) is 9.32. The Morgan fingerprint density at radius 3 is 2.37 bits per heavy atom. The van der Waals surface area contributed by atoms with E-state index in [-0.39, 0.29) is 6.61 Å². The zero-order valence-corrected chi connectivity index (χ0v) is 12.9. The predicted molar refractivity (Wildman–Crippen MR) is 75.8 cm³/mol. The fourth-order valence-corrected chi connectivity index (χ4v) is 2.68. The molecule has 19 heavy (non-hydrogen) atoms. The molecule has 1 rings (SSSR count). The van der Waals surface area contributed by atoms with E-state index in [1.54, 1.807) is 13.8 Å². The van der Waals surface area contributed by atoms with Crippen molar-refractivity contribution in [3.63, 3.8) is 0 Å². The van der Waals surface area contributed by atoms with Crippen LogP contribution in [0.4, 0.5) is 0 Å². The Morgan fingerprint density at radius 2 is 1.84 bits per heavy atom. The molecule has 1 atom stereocenters. The number of rotatable bonds is 7. The summed E-state index contributed by atoms with van der Waals surface area (Å²) in [4.78, 5) is 9.74. The minimum atomic E-state index is -4.04. The molecular weight excluding hydrogens is 263 g/mol. The molecule has 0 aliphatic rings. The van der Waals surface area contributed by atoms with Gasteiger partial charge < -0.3 is 4.89 Å². The lowest BCUT2D eigenvalue weighted by atomic mass is 9.99. The van der Waals surface area contributed by atoms with Crippen molar-refractivity contribution >= 4 is 7.82 Å². The minimum absolute atomic E-state index is 0.219. The van der Waals surface area contributed by atoms with E-state index in [2.05, 4.69) is 0 Å². The van der Waals surface area contributed by atoms with Crippen LogP contribution in [0.15, 0.2) is 30.3 Å². The molecule has 0 spiro atoms. The molecule has 1 N–H and O–H groups in total. The molecule has 4 nitrogen and oxygen atoms in total. The summed E-state index contributed by atoms with van der Waals surface area (Å²) in [6.07, 6.45) is 0.722. The minimum Gasteiger partial charge on any atom is -0.302 e. The van der Waals surface area contributed by atoms with E-state index in [1.807, 2.05) is 44.2 Å². The Kier molecular flexibility index (Phi) is 5.75. The molecule has 0 aliphatic carbocycles. The average molecular weight is 286 g/mol. The molecule has 108 valence electrons. The number of hydrogen-bond acceptors (Lipinski definition) is 3. The van der Waals surface area contributed by atoms with Gasteiger partial charge in [-0.2, -0.15) is 0 Å². The number of phosphoric acid groups is 1. The van der Waals surface area contributed by atoms with Crippen LogP contribution in [0.25, 0.3) is 0 Å². The average Bonchev–Trinajstić information content (AvgIpc) is 2.28. The van der Waals surface area contributed by atoms with Crippen LogP contribution >= 0.6 is 7.82 Å². The summed E-state index contributed by atoms with van der Waals surface area (Å²) < 4.78 is 22.2. The first-order valence-corrected chi connectivity index (χ1v) is 7.96. The highest BCUT2D eigenvalue weighted by molar-refractivity contribution is 7.47. The third-order valence-corrected chi connectivity index (χ3v) is 3.96. The maximum Gasteiger partial charge on any atom is 0.473 e. The van der Waals surface area contributed by atoms with Gasteiger partial charge in [0.25, 0.3) is 0 Å². The third-order valence-electron chi connectivity index (χ3n) is 2.76. The standard InChI is InChI=1S/C14H23O4P/c1-12(2)10-11-17-19(15,16)18-14(3,4)13-8-6-5-7-9-13/h5-9,12H,10-11H2,1-4H3,(H,15,16). The van der Waals surface area contributed by atoms with Gasteiger partial charge in [-0.1, -0.05) is 44.2 Å². The first-order valence-electron chi connectivity index (χ1n) is 6.46. The van der Waals surface area contributed by atoms with Crippen molar-refractivity contribution in [2.45, 2.75) is 39.7 Å². The Labute approximate surface area is 115 Å². The van der Waals surface area contributed by atoms with E-state index >= 15 is 0 Å². The Hall–Kier alpha value is -0.670. The highest BCUT2D eigenvalue weighted by Crippen LogP contribution is 2.50. The van der Waals surface area contributed by atoms with Crippen LogP contribution in [0.2, 0.25) is 0 Å². The third kappa shape index (κ3) is 5.87. The summed E-state index contributed by atoms with van der Waals surface area (Å²) in [5, 5.41) is 0. The first-order chi connectivity index (χ1) is 8.73. The van der Waals surface area contributed by atoms with E-state index in [4.69, 9.17) is 9.05 Å². The molecule has 0 aliphatic heterocycles. The molecule has 0 fully saturated rings. The maximum absolute atomic E-state index is 11.9. The van der Waals surface area contributed by atoms with E-state index < -0.39 is 13.4 Å². The number of phosphoric ester groups is 1. The second kappa shape index (κ2) is 6.67. The molecule has 0 bridgehead atoms. The normalized spacial score (nSPS) is 15.5. The molecule has 0 saturated heterocycles. The maximum atomic E-state index is 11.9. The van der Waals surface area contributed by atoms with E-state index in [0.29, 0.717) is 5.92 Å². The second-order valence-electron chi connectivity index (χ2n) is 5.45. The first kappa shape index (κ1) is 16.4. The van der Waals surface area contributed by atoms with Crippen LogP contribution in [0.1, 0.15) is 39.7 Å². The van der Waals surface area contributed by atoms with Crippen LogP contribution in [-0.4, -0.2) is 11.5 Å². The SMILES string of the molecule is CC(C)CCOP(=O)(O)OC(C)(C)c1ccccc1. The van der Waals surface area contributed by atoms with Gasteiger partial charge >= 0.3 is 7.82 Å². The van der Waals surface area contributed by atoms with E-state index in [0.717, 1.165) is 12.0 Å². The fraction of sp³-hybridized carbons (Fsp3) is 0.571. The zero-order valence-electron chi connectivity index (χ0n) is 12.0. The largest absolute Gasteiger partial charge is 0.473 e. The van der Waals surface area contributed by atoms with Gasteiger partial charge in [-0.05, 0) is 31.7 Å². The van der Waals surface area contributed by atoms with Crippen molar-refractivity contribution < 1.29 is 18.5 Å². The molecular formula is C14H23O4P. The van der Waals surface area contributed by atoms with Crippen molar-refractivity contribution in [2.75, 3.05) is 6.61 Å². The Balaban J connectivity index is 2.64. The van der Waals surface area contributed by atoms with Crippen molar-refractivity contribution in [3.8, 4) is 0 Å². The van der Waals surface area contributed by atoms with Crippen molar-refractivity contribution in [1.82, 2.24) is 0 Å². The smallest absolute Gasteiger partial charge is 0.302 e. The molecule has 1 aromatic carbocycles. The van der Waals surface area contributed by atoms with Gasteiger partial charge in [0.15, 0.2) is 0 Å². The highest BCUT2D eigenvalue weighted by atomic mass is 31.2. The molecule has 0 amide bonds. The van der Waals surface area contributed by atoms with Crippen LogP contribution in [0.3, 0.4) is 0 Å². The van der Waals surface area contributed by atoms with Crippen LogP contribution < -0.4 is 0 Å². The van der Waals surface area contributed by atoms with E-state index in [1.165, 1.54) is 0 Å². The monoisotopic (exact) mass is 286 g/mol. The Bertz CT molecular complexity index is 428. The van der Waals surface area contributed by atoms with Gasteiger partial charge in [-0.25, -0.2) is 4.57 Å². The summed E-state index contributed by atoms with van der Waals surface area (Å²) in [6.45, 7) is 7.77. The molecule has 0 heterocycles. The summed E-state index contributed by atoms with van der Waals surface area (Å²) in [7, 11) is -4.04. The predicted octanol–water partition coefficient (Wildman–Crippen LogP) is 4.10. The summed E-state index contributed by atoms with van der Waals surface area (Å²) in [5.74, 6) is 0.419. The summed E-state index contributed by atoms with van der Waals surface area (Å²) in [5.41, 5.74) is -0.0413. The second-order valence-corrected chi connectivity index (χ2v) is 6.83. The molecule has 0 radical (unpaired) electrons. The molecule has 1 aromatic rings. The molecule has 5 heteroatoms. The lowest BCUT2D eigenvalue weighted by Gasteiger charge is -2.27. The fourth-order valence-electron chi connectivity index (χ4n) is 1.61. The summed E-state index contributed by atoms with van der Waals surface area (Å²) >= 11 is 0. The molecule has 0 saturated carbocycles. The molecule has 1 unspecified atom stereocenters. The number of benzene rings is 1. The van der Waals surface area contributed by atoms with Crippen molar-refractivity contribution in [3.05, 3.63) is 35.9 Å². The van der Waals surface area contributed by atoms with Gasteiger partial charge in [0, 0.05) is 0 Å².